The van der Waals surface area contributed by atoms with E-state index >= 15 is 0 Å². The van der Waals surface area contributed by atoms with Crippen LogP contribution in [0, 0.1) is 0 Å². The highest BCUT2D eigenvalue weighted by Gasteiger charge is 2.38. The summed E-state index contributed by atoms with van der Waals surface area (Å²) in [4.78, 5) is 30.9. The summed E-state index contributed by atoms with van der Waals surface area (Å²) in [5, 5.41) is 3.34. The number of rotatable bonds is 9. The molecule has 1 atom stereocenters. The predicted octanol–water partition coefficient (Wildman–Crippen LogP) is 2.67. The lowest BCUT2D eigenvalue weighted by molar-refractivity contribution is -0.120. The van der Waals surface area contributed by atoms with Gasteiger partial charge in [0.15, 0.2) is 5.82 Å². The normalized spacial score (nSPS) is 18.6. The number of carbonyl (C=O) groups excluding carboxylic acids is 1. The van der Waals surface area contributed by atoms with Crippen molar-refractivity contribution in [3.8, 4) is 5.75 Å². The van der Waals surface area contributed by atoms with Crippen LogP contribution < -0.4 is 30.5 Å². The number of carbonyl (C=O) groups is 1. The van der Waals surface area contributed by atoms with Gasteiger partial charge in [-0.05, 0) is 51.9 Å². The van der Waals surface area contributed by atoms with Gasteiger partial charge < -0.3 is 30.5 Å². The Kier molecular flexibility index (Phi) is 8.15. The van der Waals surface area contributed by atoms with Crippen LogP contribution in [0.25, 0.3) is 0 Å². The highest BCUT2D eigenvalue weighted by atomic mass is 16.5. The Bertz CT molecular complexity index is 1050. The minimum atomic E-state index is -0.241. The Morgan fingerprint density at radius 1 is 1.22 bits per heavy atom. The molecule has 1 aromatic carbocycles. The third-order valence-corrected chi connectivity index (χ3v) is 7.10. The molecule has 0 spiro atoms. The van der Waals surface area contributed by atoms with Crippen LogP contribution in [0.1, 0.15) is 33.6 Å². The molecular formula is C26H40N8O2. The van der Waals surface area contributed by atoms with Gasteiger partial charge in [-0.15, -0.1) is 0 Å². The molecule has 0 saturated carbocycles. The largest absolute Gasteiger partial charge is 0.494 e. The van der Waals surface area contributed by atoms with E-state index in [-0.39, 0.29) is 18.0 Å². The fourth-order valence-electron chi connectivity index (χ4n) is 5.08. The van der Waals surface area contributed by atoms with Gasteiger partial charge in [0.25, 0.3) is 0 Å². The maximum atomic E-state index is 12.9. The monoisotopic (exact) mass is 496 g/mol. The SMILES string of the molecule is CCC1C(=O)N(C)c2cnc(Nc3ccc(N4CCN(CCCN)CC4)cc3OC)nc2N1C(C)C. The molecule has 1 saturated heterocycles. The van der Waals surface area contributed by atoms with Crippen molar-refractivity contribution in [3.63, 3.8) is 0 Å². The Morgan fingerprint density at radius 3 is 2.61 bits per heavy atom. The van der Waals surface area contributed by atoms with Crippen LogP contribution >= 0.6 is 0 Å². The van der Waals surface area contributed by atoms with Crippen LogP contribution in [0.15, 0.2) is 24.4 Å². The first-order chi connectivity index (χ1) is 17.4. The van der Waals surface area contributed by atoms with E-state index in [1.807, 2.05) is 13.0 Å². The van der Waals surface area contributed by atoms with Gasteiger partial charge in [0.05, 0.1) is 19.0 Å². The molecule has 10 nitrogen and oxygen atoms in total. The number of nitrogens with two attached hydrogens (primary N) is 1. The van der Waals surface area contributed by atoms with Crippen molar-refractivity contribution in [2.45, 2.75) is 45.7 Å². The Labute approximate surface area is 214 Å². The first-order valence-corrected chi connectivity index (χ1v) is 12.9. The molecule has 0 radical (unpaired) electrons. The first kappa shape index (κ1) is 26.0. The second-order valence-corrected chi connectivity index (χ2v) is 9.71. The molecular weight excluding hydrogens is 456 g/mol. The average Bonchev–Trinajstić information content (AvgIpc) is 2.89. The van der Waals surface area contributed by atoms with Crippen molar-refractivity contribution >= 4 is 34.7 Å². The number of benzene rings is 1. The van der Waals surface area contributed by atoms with Crippen molar-refractivity contribution in [3.05, 3.63) is 24.4 Å². The lowest BCUT2D eigenvalue weighted by Crippen LogP contribution is -2.54. The Morgan fingerprint density at radius 2 is 1.97 bits per heavy atom. The molecule has 1 fully saturated rings. The molecule has 4 rings (SSSR count). The van der Waals surface area contributed by atoms with Crippen LogP contribution in [-0.2, 0) is 4.79 Å². The summed E-state index contributed by atoms with van der Waals surface area (Å²) in [5.41, 5.74) is 8.31. The van der Waals surface area contributed by atoms with Gasteiger partial charge in [0, 0.05) is 51.0 Å². The van der Waals surface area contributed by atoms with Crippen LogP contribution in [0.4, 0.5) is 28.8 Å². The van der Waals surface area contributed by atoms with Crippen molar-refractivity contribution < 1.29 is 9.53 Å². The molecule has 36 heavy (non-hydrogen) atoms. The van der Waals surface area contributed by atoms with Crippen LogP contribution in [0.2, 0.25) is 0 Å². The maximum absolute atomic E-state index is 12.9. The molecule has 2 aliphatic heterocycles. The van der Waals surface area contributed by atoms with Gasteiger partial charge in [-0.25, -0.2) is 4.98 Å². The fraction of sp³-hybridized carbons (Fsp3) is 0.577. The van der Waals surface area contributed by atoms with Crippen molar-refractivity contribution in [1.29, 1.82) is 0 Å². The number of anilines is 5. The second kappa shape index (κ2) is 11.3. The molecule has 1 aromatic heterocycles. The number of piperazine rings is 1. The van der Waals surface area contributed by atoms with Crippen LogP contribution in [0.3, 0.4) is 0 Å². The van der Waals surface area contributed by atoms with E-state index in [1.54, 1.807) is 25.3 Å². The summed E-state index contributed by atoms with van der Waals surface area (Å²) in [6, 6.07) is 6.07. The second-order valence-electron chi connectivity index (χ2n) is 9.71. The first-order valence-electron chi connectivity index (χ1n) is 12.9. The number of aromatic nitrogens is 2. The van der Waals surface area contributed by atoms with Crippen molar-refractivity contribution in [1.82, 2.24) is 14.9 Å². The molecule has 0 bridgehead atoms. The Balaban J connectivity index is 1.54. The smallest absolute Gasteiger partial charge is 0.249 e. The molecule has 10 heteroatoms. The van der Waals surface area contributed by atoms with Crippen molar-refractivity contribution in [2.75, 3.05) is 73.4 Å². The van der Waals surface area contributed by atoms with E-state index in [0.717, 1.165) is 74.3 Å². The average molecular weight is 497 g/mol. The van der Waals surface area contributed by atoms with Gasteiger partial charge >= 0.3 is 0 Å². The minimum Gasteiger partial charge on any atom is -0.494 e. The van der Waals surface area contributed by atoms with E-state index in [1.165, 1.54) is 0 Å². The van der Waals surface area contributed by atoms with Crippen molar-refractivity contribution in [2.24, 2.45) is 5.73 Å². The molecule has 196 valence electrons. The predicted molar refractivity (Wildman–Crippen MR) is 146 cm³/mol. The summed E-state index contributed by atoms with van der Waals surface area (Å²) in [6.45, 7) is 12.0. The van der Waals surface area contributed by atoms with E-state index in [4.69, 9.17) is 15.5 Å². The zero-order valence-corrected chi connectivity index (χ0v) is 22.2. The zero-order valence-electron chi connectivity index (χ0n) is 22.2. The van der Waals surface area contributed by atoms with E-state index in [0.29, 0.717) is 12.4 Å². The standard InChI is InChI=1S/C26H40N8O2/c1-6-21-25(35)31(4)22-17-28-26(30-24(22)34(21)18(2)3)29-20-9-8-19(16-23(20)36-5)33-14-12-32(13-15-33)11-7-10-27/h8-9,16-18,21H,6-7,10-15,27H2,1-5H3,(H,28,29,30). The molecule has 2 aromatic rings. The Hall–Kier alpha value is -3.11. The number of fused-ring (bicyclic) bond motifs is 1. The third-order valence-electron chi connectivity index (χ3n) is 7.10. The number of hydrogen-bond acceptors (Lipinski definition) is 9. The molecule has 0 aliphatic carbocycles. The lowest BCUT2D eigenvalue weighted by Gasteiger charge is -2.42. The number of ether oxygens (including phenoxy) is 1. The fourth-order valence-corrected chi connectivity index (χ4v) is 5.08. The van der Waals surface area contributed by atoms with Crippen LogP contribution in [-0.4, -0.2) is 86.3 Å². The van der Waals surface area contributed by atoms with Gasteiger partial charge in [-0.1, -0.05) is 6.92 Å². The summed E-state index contributed by atoms with van der Waals surface area (Å²) in [7, 11) is 3.47. The molecule has 2 aliphatic rings. The van der Waals surface area contributed by atoms with Crippen LogP contribution in [0.5, 0.6) is 5.75 Å². The number of methoxy groups -OCH3 is 1. The number of nitrogens with zero attached hydrogens (tertiary/aromatic N) is 6. The summed E-state index contributed by atoms with van der Waals surface area (Å²) in [5.74, 6) is 2.04. The quantitative estimate of drug-likeness (QED) is 0.542. The number of nitrogens with one attached hydrogen (secondary N) is 1. The zero-order chi connectivity index (χ0) is 25.8. The molecule has 3 heterocycles. The van der Waals surface area contributed by atoms with Gasteiger partial charge in [-0.2, -0.15) is 4.98 Å². The summed E-state index contributed by atoms with van der Waals surface area (Å²) >= 11 is 0. The molecule has 3 N–H and O–H groups in total. The summed E-state index contributed by atoms with van der Waals surface area (Å²) in [6.07, 6.45) is 3.47. The third kappa shape index (κ3) is 5.19. The van der Waals surface area contributed by atoms with Gasteiger partial charge in [0.1, 0.15) is 17.5 Å². The highest BCUT2D eigenvalue weighted by molar-refractivity contribution is 6.04. The number of likely N-dealkylation sites (N-methyl/N-ethyl adjacent to an activating group) is 1. The minimum absolute atomic E-state index is 0.0699. The maximum Gasteiger partial charge on any atom is 0.249 e. The van der Waals surface area contributed by atoms with Gasteiger partial charge in [0.2, 0.25) is 11.9 Å². The number of hydrogen-bond donors (Lipinski definition) is 2. The topological polar surface area (TPSA) is 103 Å². The van der Waals surface area contributed by atoms with Gasteiger partial charge in [-0.3, -0.25) is 9.69 Å². The van der Waals surface area contributed by atoms with E-state index in [9.17, 15) is 4.79 Å². The lowest BCUT2D eigenvalue weighted by atomic mass is 10.1. The van der Waals surface area contributed by atoms with E-state index in [2.05, 4.69) is 51.0 Å². The number of amides is 1. The highest BCUT2D eigenvalue weighted by Crippen LogP contribution is 2.37. The van der Waals surface area contributed by atoms with E-state index < -0.39 is 0 Å². The summed E-state index contributed by atoms with van der Waals surface area (Å²) < 4.78 is 5.73. The molecule has 1 amide bonds. The molecule has 1 unspecified atom stereocenters.